The molecular weight excluding hydrogens is 374 g/mol. The molecule has 0 saturated carbocycles. The van der Waals surface area contributed by atoms with Gasteiger partial charge in [0.05, 0.1) is 11.5 Å². The minimum absolute atomic E-state index is 0.211. The van der Waals surface area contributed by atoms with Crippen LogP contribution in [0.2, 0.25) is 0 Å². The Balaban J connectivity index is 1.22. The third kappa shape index (κ3) is 4.30. The largest absolute Gasteiger partial charge is 0.493 e. The number of fused-ring (bicyclic) bond motifs is 2. The molecule has 2 aromatic rings. The van der Waals surface area contributed by atoms with Gasteiger partial charge in [-0.15, -0.1) is 11.3 Å². The van der Waals surface area contributed by atoms with Crippen LogP contribution in [-0.4, -0.2) is 25.1 Å². The molecule has 1 aliphatic heterocycles. The predicted molar refractivity (Wildman–Crippen MR) is 109 cm³/mol. The highest BCUT2D eigenvalue weighted by atomic mass is 32.1. The molecule has 3 amide bonds. The first-order chi connectivity index (χ1) is 13.6. The molecule has 148 valence electrons. The van der Waals surface area contributed by atoms with E-state index in [0.717, 1.165) is 30.6 Å². The average molecular weight is 400 g/mol. The molecule has 3 N–H and O–H groups in total. The van der Waals surface area contributed by atoms with Crippen molar-refractivity contribution in [3.05, 3.63) is 51.2 Å². The Morgan fingerprint density at radius 3 is 2.93 bits per heavy atom. The quantitative estimate of drug-likeness (QED) is 0.694. The topological polar surface area (TPSA) is 79.5 Å². The lowest BCUT2D eigenvalue weighted by Gasteiger charge is -2.25. The summed E-state index contributed by atoms with van der Waals surface area (Å²) in [5.41, 5.74) is 7.38. The van der Waals surface area contributed by atoms with Crippen LogP contribution in [-0.2, 0) is 19.3 Å². The lowest BCUT2D eigenvalue weighted by Crippen LogP contribution is -2.48. The fourth-order valence-electron chi connectivity index (χ4n) is 3.80. The fourth-order valence-corrected chi connectivity index (χ4v) is 4.90. The van der Waals surface area contributed by atoms with E-state index in [1.165, 1.54) is 28.2 Å². The highest BCUT2D eigenvalue weighted by Crippen LogP contribution is 2.32. The molecule has 2 unspecified atom stereocenters. The first kappa shape index (κ1) is 18.8. The van der Waals surface area contributed by atoms with E-state index in [2.05, 4.69) is 23.1 Å². The van der Waals surface area contributed by atoms with Gasteiger partial charge in [-0.1, -0.05) is 25.1 Å². The monoisotopic (exact) mass is 399 g/mol. The van der Waals surface area contributed by atoms with Gasteiger partial charge in [0.2, 0.25) is 0 Å². The number of carbonyl (C=O) groups excluding carboxylic acids is 2. The van der Waals surface area contributed by atoms with Crippen molar-refractivity contribution in [3.8, 4) is 5.75 Å². The van der Waals surface area contributed by atoms with Gasteiger partial charge in [0, 0.05) is 17.3 Å². The standard InChI is InChI=1S/C21H25N3O3S/c1-13-6-7-18-16(8-13)10-19(28-18)20(25)23-24-21(26)22-11-14-9-15-4-2-3-5-17(15)27-12-14/h2-5,10,13-14H,6-9,11-12H2,1H3,(H,23,25)(H2,22,24,26). The molecule has 2 heterocycles. The Bertz CT molecular complexity index is 880. The van der Waals surface area contributed by atoms with Crippen molar-refractivity contribution in [1.82, 2.24) is 16.2 Å². The maximum absolute atomic E-state index is 12.3. The Morgan fingerprint density at radius 1 is 1.18 bits per heavy atom. The summed E-state index contributed by atoms with van der Waals surface area (Å²) in [5.74, 6) is 1.53. The molecule has 2 aliphatic rings. The van der Waals surface area contributed by atoms with Gasteiger partial charge in [0.15, 0.2) is 0 Å². The second-order valence-corrected chi connectivity index (χ2v) is 8.82. The number of benzene rings is 1. The van der Waals surface area contributed by atoms with Crippen LogP contribution in [0.5, 0.6) is 5.75 Å². The number of rotatable bonds is 3. The smallest absolute Gasteiger partial charge is 0.333 e. The average Bonchev–Trinajstić information content (AvgIpc) is 3.13. The maximum atomic E-state index is 12.3. The summed E-state index contributed by atoms with van der Waals surface area (Å²) in [7, 11) is 0. The van der Waals surface area contributed by atoms with Crippen molar-refractivity contribution < 1.29 is 14.3 Å². The van der Waals surface area contributed by atoms with Crippen molar-refractivity contribution in [2.45, 2.75) is 32.6 Å². The van der Waals surface area contributed by atoms with Crippen molar-refractivity contribution in [1.29, 1.82) is 0 Å². The molecule has 1 aromatic carbocycles. The van der Waals surface area contributed by atoms with Gasteiger partial charge >= 0.3 is 6.03 Å². The van der Waals surface area contributed by atoms with Crippen molar-refractivity contribution in [2.24, 2.45) is 11.8 Å². The molecule has 0 fully saturated rings. The molecule has 4 rings (SSSR count). The zero-order valence-electron chi connectivity index (χ0n) is 15.9. The zero-order valence-corrected chi connectivity index (χ0v) is 16.7. The number of ether oxygens (including phenoxy) is 1. The third-order valence-electron chi connectivity index (χ3n) is 5.35. The summed E-state index contributed by atoms with van der Waals surface area (Å²) >= 11 is 1.53. The van der Waals surface area contributed by atoms with Gasteiger partial charge in [-0.3, -0.25) is 10.2 Å². The van der Waals surface area contributed by atoms with Crippen LogP contribution in [0.3, 0.4) is 0 Å². The first-order valence-corrected chi connectivity index (χ1v) is 10.6. The molecule has 2 atom stereocenters. The van der Waals surface area contributed by atoms with E-state index in [-0.39, 0.29) is 11.8 Å². The lowest BCUT2D eigenvalue weighted by atomic mass is 9.90. The normalized spacial score (nSPS) is 20.3. The highest BCUT2D eigenvalue weighted by Gasteiger charge is 2.22. The number of aryl methyl sites for hydroxylation is 1. The Kier molecular flexibility index (Phi) is 5.52. The number of hydrazine groups is 1. The molecule has 0 radical (unpaired) electrons. The van der Waals surface area contributed by atoms with E-state index in [1.807, 2.05) is 30.3 Å². The molecule has 0 saturated heterocycles. The fraction of sp³-hybridized carbons (Fsp3) is 0.429. The van der Waals surface area contributed by atoms with Crippen LogP contribution in [0, 0.1) is 11.8 Å². The van der Waals surface area contributed by atoms with Crippen LogP contribution >= 0.6 is 11.3 Å². The van der Waals surface area contributed by atoms with E-state index < -0.39 is 6.03 Å². The molecule has 0 spiro atoms. The van der Waals surface area contributed by atoms with Crippen LogP contribution in [0.1, 0.15) is 39.0 Å². The van der Waals surface area contributed by atoms with Gasteiger partial charge in [-0.25, -0.2) is 10.2 Å². The summed E-state index contributed by atoms with van der Waals surface area (Å²) < 4.78 is 5.73. The number of para-hydroxylation sites is 1. The number of hydrogen-bond donors (Lipinski definition) is 3. The number of hydrogen-bond acceptors (Lipinski definition) is 4. The number of thiophene rings is 1. The van der Waals surface area contributed by atoms with Crippen LogP contribution in [0.4, 0.5) is 4.79 Å². The molecule has 0 bridgehead atoms. The van der Waals surface area contributed by atoms with Crippen molar-refractivity contribution in [2.75, 3.05) is 13.2 Å². The molecule has 28 heavy (non-hydrogen) atoms. The van der Waals surface area contributed by atoms with Gasteiger partial charge in [-0.2, -0.15) is 0 Å². The number of nitrogens with one attached hydrogen (secondary N) is 3. The lowest BCUT2D eigenvalue weighted by molar-refractivity contribution is 0.0940. The molecule has 1 aromatic heterocycles. The third-order valence-corrected chi connectivity index (χ3v) is 6.59. The van der Waals surface area contributed by atoms with Crippen molar-refractivity contribution in [3.63, 3.8) is 0 Å². The Hall–Kier alpha value is -2.54. The summed E-state index contributed by atoms with van der Waals surface area (Å²) in [6.07, 6.45) is 4.10. The molecule has 1 aliphatic carbocycles. The van der Waals surface area contributed by atoms with E-state index in [9.17, 15) is 9.59 Å². The second kappa shape index (κ2) is 8.22. The predicted octanol–water partition coefficient (Wildman–Crippen LogP) is 3.07. The number of urea groups is 1. The van der Waals surface area contributed by atoms with Crippen LogP contribution in [0.15, 0.2) is 30.3 Å². The minimum atomic E-state index is -0.415. The molecule has 6 nitrogen and oxygen atoms in total. The summed E-state index contributed by atoms with van der Waals surface area (Å²) in [5, 5.41) is 2.80. The van der Waals surface area contributed by atoms with Crippen LogP contribution < -0.4 is 20.9 Å². The van der Waals surface area contributed by atoms with Gasteiger partial charge in [0.25, 0.3) is 5.91 Å². The Morgan fingerprint density at radius 2 is 2.04 bits per heavy atom. The highest BCUT2D eigenvalue weighted by molar-refractivity contribution is 7.14. The van der Waals surface area contributed by atoms with Crippen molar-refractivity contribution >= 4 is 23.3 Å². The Labute approximate surface area is 168 Å². The van der Waals surface area contributed by atoms with Gasteiger partial charge < -0.3 is 10.1 Å². The van der Waals surface area contributed by atoms with Gasteiger partial charge in [-0.05, 0) is 54.9 Å². The maximum Gasteiger partial charge on any atom is 0.333 e. The first-order valence-electron chi connectivity index (χ1n) is 9.75. The minimum Gasteiger partial charge on any atom is -0.493 e. The summed E-state index contributed by atoms with van der Waals surface area (Å²) in [4.78, 5) is 26.3. The van der Waals surface area contributed by atoms with E-state index >= 15 is 0 Å². The van der Waals surface area contributed by atoms with Gasteiger partial charge in [0.1, 0.15) is 5.75 Å². The van der Waals surface area contributed by atoms with E-state index in [1.54, 1.807) is 0 Å². The van der Waals surface area contributed by atoms with E-state index in [4.69, 9.17) is 4.74 Å². The molecule has 7 heteroatoms. The van der Waals surface area contributed by atoms with E-state index in [0.29, 0.717) is 23.9 Å². The second-order valence-electron chi connectivity index (χ2n) is 7.69. The SMILES string of the molecule is CC1CCc2sc(C(=O)NNC(=O)NCC3COc4ccccc4C3)cc2C1. The molecular formula is C21H25N3O3S. The van der Waals surface area contributed by atoms with Crippen LogP contribution in [0.25, 0.3) is 0 Å². The summed E-state index contributed by atoms with van der Waals surface area (Å²) in [6, 6.07) is 9.50. The zero-order chi connectivity index (χ0) is 19.5. The number of amides is 3. The summed E-state index contributed by atoms with van der Waals surface area (Å²) in [6.45, 7) is 3.30. The number of carbonyl (C=O) groups is 2.